The Morgan fingerprint density at radius 3 is 2.17 bits per heavy atom. The minimum absolute atomic E-state index is 0.0512. The monoisotopic (exact) mass is 406 g/mol. The third kappa shape index (κ3) is 3.07. The molecule has 0 spiro atoms. The number of ether oxygens (including phenoxy) is 1. The van der Waals surface area contributed by atoms with Crippen LogP contribution in [-0.4, -0.2) is 46.8 Å². The summed E-state index contributed by atoms with van der Waals surface area (Å²) in [5, 5.41) is 0. The fraction of sp³-hybridized carbons (Fsp3) is 0.304. The number of esters is 1. The van der Waals surface area contributed by atoms with Gasteiger partial charge >= 0.3 is 5.97 Å². The molecule has 2 aromatic rings. The number of carbonyl (C=O) groups is 4. The molecule has 0 radical (unpaired) electrons. The Labute approximate surface area is 174 Å². The number of hydrogen-bond donors (Lipinski definition) is 0. The van der Waals surface area contributed by atoms with E-state index in [0.717, 1.165) is 22.6 Å². The third-order valence-corrected chi connectivity index (χ3v) is 5.64. The first-order valence-electron chi connectivity index (χ1n) is 9.89. The highest BCUT2D eigenvalue weighted by molar-refractivity contribution is 6.22. The number of imide groups is 1. The van der Waals surface area contributed by atoms with Crippen molar-refractivity contribution < 1.29 is 23.9 Å². The zero-order valence-corrected chi connectivity index (χ0v) is 17.0. The largest absolute Gasteiger partial charge is 0.451 e. The zero-order chi connectivity index (χ0) is 21.6. The summed E-state index contributed by atoms with van der Waals surface area (Å²) in [4.78, 5) is 53.4. The number of anilines is 1. The van der Waals surface area contributed by atoms with Crippen LogP contribution in [-0.2, 0) is 20.7 Å². The van der Waals surface area contributed by atoms with Gasteiger partial charge in [-0.05, 0) is 51.0 Å². The second-order valence-corrected chi connectivity index (χ2v) is 7.67. The lowest BCUT2D eigenvalue weighted by molar-refractivity contribution is -0.157. The molecule has 2 aromatic carbocycles. The molecule has 3 amide bonds. The fourth-order valence-electron chi connectivity index (χ4n) is 4.09. The van der Waals surface area contributed by atoms with Crippen molar-refractivity contribution in [3.63, 3.8) is 0 Å². The van der Waals surface area contributed by atoms with Crippen LogP contribution in [0.25, 0.3) is 0 Å². The number of para-hydroxylation sites is 1. The maximum atomic E-state index is 13.0. The van der Waals surface area contributed by atoms with Gasteiger partial charge in [0.1, 0.15) is 6.04 Å². The van der Waals surface area contributed by atoms with Crippen molar-refractivity contribution in [2.75, 3.05) is 4.90 Å². The maximum Gasteiger partial charge on any atom is 0.329 e. The van der Waals surface area contributed by atoms with E-state index in [1.54, 1.807) is 29.2 Å². The molecule has 30 heavy (non-hydrogen) atoms. The van der Waals surface area contributed by atoms with E-state index in [0.29, 0.717) is 0 Å². The standard InChI is InChI=1S/C23H22N2O5/c1-13-12-16-8-4-7-11-19(16)24(13)20(26)15(3)30-23(29)14(2)25-21(27)17-9-5-6-10-18(17)22(25)28/h4-11,13-15H,12H2,1-3H3/t13-,14+,15+/m0/s1. The van der Waals surface area contributed by atoms with Gasteiger partial charge < -0.3 is 9.64 Å². The summed E-state index contributed by atoms with van der Waals surface area (Å²) < 4.78 is 5.38. The van der Waals surface area contributed by atoms with Gasteiger partial charge in [-0.2, -0.15) is 0 Å². The van der Waals surface area contributed by atoms with Crippen molar-refractivity contribution >= 4 is 29.4 Å². The van der Waals surface area contributed by atoms with E-state index in [-0.39, 0.29) is 23.1 Å². The number of fused-ring (bicyclic) bond motifs is 2. The summed E-state index contributed by atoms with van der Waals surface area (Å²) in [6, 6.07) is 12.8. The van der Waals surface area contributed by atoms with Crippen LogP contribution in [0.5, 0.6) is 0 Å². The van der Waals surface area contributed by atoms with Gasteiger partial charge in [-0.1, -0.05) is 30.3 Å². The topological polar surface area (TPSA) is 84.0 Å². The van der Waals surface area contributed by atoms with Gasteiger partial charge in [-0.25, -0.2) is 4.79 Å². The Bertz CT molecular complexity index is 1030. The first-order valence-corrected chi connectivity index (χ1v) is 9.89. The second kappa shape index (κ2) is 7.40. The molecule has 0 aliphatic carbocycles. The summed E-state index contributed by atoms with van der Waals surface area (Å²) in [5.74, 6) is -2.22. The van der Waals surface area contributed by atoms with Crippen molar-refractivity contribution in [1.82, 2.24) is 4.90 Å². The Kier molecular flexibility index (Phi) is 4.89. The van der Waals surface area contributed by atoms with E-state index in [2.05, 4.69) is 0 Å². The average molecular weight is 406 g/mol. The van der Waals surface area contributed by atoms with Crippen LogP contribution < -0.4 is 4.90 Å². The Hall–Kier alpha value is -3.48. The Balaban J connectivity index is 1.47. The number of carbonyl (C=O) groups excluding carboxylic acids is 4. The molecule has 154 valence electrons. The molecule has 0 saturated heterocycles. The average Bonchev–Trinajstić information content (AvgIpc) is 3.20. The first-order chi connectivity index (χ1) is 14.3. The van der Waals surface area contributed by atoms with Crippen molar-refractivity contribution in [3.05, 3.63) is 65.2 Å². The molecule has 3 atom stereocenters. The smallest absolute Gasteiger partial charge is 0.329 e. The molecule has 2 aliphatic rings. The third-order valence-electron chi connectivity index (χ3n) is 5.64. The fourth-order valence-corrected chi connectivity index (χ4v) is 4.09. The number of hydrogen-bond acceptors (Lipinski definition) is 5. The van der Waals surface area contributed by atoms with E-state index in [9.17, 15) is 19.2 Å². The molecule has 0 aromatic heterocycles. The van der Waals surface area contributed by atoms with Gasteiger partial charge in [0.2, 0.25) is 0 Å². The predicted molar refractivity (Wildman–Crippen MR) is 109 cm³/mol. The minimum atomic E-state index is -1.14. The van der Waals surface area contributed by atoms with E-state index in [1.165, 1.54) is 13.8 Å². The van der Waals surface area contributed by atoms with Crippen LogP contribution in [0.3, 0.4) is 0 Å². The van der Waals surface area contributed by atoms with Crippen LogP contribution in [0, 0.1) is 0 Å². The maximum absolute atomic E-state index is 13.0. The van der Waals surface area contributed by atoms with Crippen molar-refractivity contribution in [1.29, 1.82) is 0 Å². The van der Waals surface area contributed by atoms with Crippen molar-refractivity contribution in [2.45, 2.75) is 45.4 Å². The Morgan fingerprint density at radius 1 is 0.967 bits per heavy atom. The molecular formula is C23H22N2O5. The number of benzene rings is 2. The minimum Gasteiger partial charge on any atom is -0.451 e. The van der Waals surface area contributed by atoms with E-state index >= 15 is 0 Å². The predicted octanol–water partition coefficient (Wildman–Crippen LogP) is 2.58. The first kappa shape index (κ1) is 19.8. The number of nitrogens with zero attached hydrogens (tertiary/aromatic N) is 2. The van der Waals surface area contributed by atoms with Gasteiger partial charge in [0.25, 0.3) is 17.7 Å². The normalized spacial score (nSPS) is 19.4. The highest BCUT2D eigenvalue weighted by Gasteiger charge is 2.42. The lowest BCUT2D eigenvalue weighted by Crippen LogP contribution is -2.47. The quantitative estimate of drug-likeness (QED) is 0.576. The molecule has 4 rings (SSSR count). The highest BCUT2D eigenvalue weighted by atomic mass is 16.5. The molecule has 2 aliphatic heterocycles. The van der Waals surface area contributed by atoms with E-state index in [4.69, 9.17) is 4.74 Å². The van der Waals surface area contributed by atoms with Crippen LogP contribution in [0.1, 0.15) is 47.1 Å². The van der Waals surface area contributed by atoms with Gasteiger partial charge in [0, 0.05) is 11.7 Å². The molecule has 0 bridgehead atoms. The van der Waals surface area contributed by atoms with Gasteiger partial charge in [0.15, 0.2) is 6.10 Å². The number of rotatable bonds is 4. The van der Waals surface area contributed by atoms with Gasteiger partial charge in [-0.3, -0.25) is 19.3 Å². The SMILES string of the molecule is C[C@H](C(=O)O[C@H](C)C(=O)N1c2ccccc2C[C@@H]1C)N1C(=O)c2ccccc2C1=O. The van der Waals surface area contributed by atoms with Gasteiger partial charge in [0.05, 0.1) is 11.1 Å². The molecule has 0 N–H and O–H groups in total. The summed E-state index contributed by atoms with van der Waals surface area (Å²) in [6.45, 7) is 4.87. The lowest BCUT2D eigenvalue weighted by Gasteiger charge is -2.27. The molecule has 2 heterocycles. The molecule has 7 nitrogen and oxygen atoms in total. The molecule has 7 heteroatoms. The molecular weight excluding hydrogens is 384 g/mol. The summed E-state index contributed by atoms with van der Waals surface area (Å²) in [5.41, 5.74) is 2.39. The Morgan fingerprint density at radius 2 is 1.53 bits per heavy atom. The van der Waals surface area contributed by atoms with E-state index in [1.807, 2.05) is 31.2 Å². The molecule has 0 saturated carbocycles. The van der Waals surface area contributed by atoms with Crippen LogP contribution >= 0.6 is 0 Å². The van der Waals surface area contributed by atoms with Crippen LogP contribution in [0.15, 0.2) is 48.5 Å². The van der Waals surface area contributed by atoms with Crippen molar-refractivity contribution in [2.24, 2.45) is 0 Å². The molecule has 0 unspecified atom stereocenters. The highest BCUT2D eigenvalue weighted by Crippen LogP contribution is 2.32. The van der Waals surface area contributed by atoms with Gasteiger partial charge in [-0.15, -0.1) is 0 Å². The number of amides is 3. The van der Waals surface area contributed by atoms with Crippen LogP contribution in [0.2, 0.25) is 0 Å². The zero-order valence-electron chi connectivity index (χ0n) is 17.0. The summed E-state index contributed by atoms with van der Waals surface area (Å²) in [7, 11) is 0. The van der Waals surface area contributed by atoms with Crippen LogP contribution in [0.4, 0.5) is 5.69 Å². The summed E-state index contributed by atoms with van der Waals surface area (Å²) in [6.07, 6.45) is -0.322. The lowest BCUT2D eigenvalue weighted by atomic mass is 10.1. The second-order valence-electron chi connectivity index (χ2n) is 7.67. The van der Waals surface area contributed by atoms with E-state index < -0.39 is 29.9 Å². The summed E-state index contributed by atoms with van der Waals surface area (Å²) >= 11 is 0. The van der Waals surface area contributed by atoms with Crippen molar-refractivity contribution in [3.8, 4) is 0 Å². The molecule has 0 fully saturated rings.